The molecule has 0 bridgehead atoms. The number of nitrogens with zero attached hydrogens (tertiary/aromatic N) is 3. The van der Waals surface area contributed by atoms with Gasteiger partial charge in [-0.25, -0.2) is 0 Å². The number of amides is 1. The second-order valence-electron chi connectivity index (χ2n) is 8.31. The lowest BCUT2D eigenvalue weighted by Crippen LogP contribution is -2.54. The highest BCUT2D eigenvalue weighted by Gasteiger charge is 2.37. The van der Waals surface area contributed by atoms with Crippen LogP contribution in [0.5, 0.6) is 11.5 Å². The zero-order valence-electron chi connectivity index (χ0n) is 18.4. The van der Waals surface area contributed by atoms with E-state index in [4.69, 9.17) is 4.74 Å². The molecule has 0 saturated carbocycles. The van der Waals surface area contributed by atoms with Crippen LogP contribution in [-0.4, -0.2) is 40.4 Å². The van der Waals surface area contributed by atoms with E-state index < -0.39 is 29.2 Å². The highest BCUT2D eigenvalue weighted by Crippen LogP contribution is 2.44. The van der Waals surface area contributed by atoms with Crippen molar-refractivity contribution in [2.45, 2.75) is 29.7 Å². The molecule has 3 aromatic rings. The Morgan fingerprint density at radius 1 is 1.12 bits per heavy atom. The van der Waals surface area contributed by atoms with Crippen LogP contribution in [0.2, 0.25) is 0 Å². The number of rotatable bonds is 3. The van der Waals surface area contributed by atoms with Crippen molar-refractivity contribution in [2.24, 2.45) is 0 Å². The van der Waals surface area contributed by atoms with Crippen molar-refractivity contribution in [3.8, 4) is 11.5 Å². The van der Waals surface area contributed by atoms with E-state index in [1.54, 1.807) is 30.9 Å². The number of aromatic hydroxyl groups is 1. The molecular weight excluding hydrogens is 464 g/mol. The molecule has 0 radical (unpaired) electrons. The van der Waals surface area contributed by atoms with Gasteiger partial charge in [0.1, 0.15) is 12.4 Å². The number of halogens is 2. The summed E-state index contributed by atoms with van der Waals surface area (Å²) in [5.41, 5.74) is 1.87. The monoisotopic (exact) mass is 485 g/mol. The number of benzene rings is 2. The number of alkyl halides is 2. The number of thioether (sulfide) groups is 1. The summed E-state index contributed by atoms with van der Waals surface area (Å²) in [6, 6.07) is 13.3. The maximum absolute atomic E-state index is 13.6. The van der Waals surface area contributed by atoms with Crippen LogP contribution in [0.25, 0.3) is 0 Å². The second kappa shape index (κ2) is 8.05. The molecule has 5 rings (SSSR count). The van der Waals surface area contributed by atoms with Crippen LogP contribution in [-0.2, 0) is 5.75 Å². The molecule has 0 saturated heterocycles. The fourth-order valence-electron chi connectivity index (χ4n) is 4.39. The SMILES string of the molecule is CN1CN(C2c3ccccc3CSc3ccc(OC(C)(F)F)cc32)n2ccc(=O)c(O)c2C1=O. The smallest absolute Gasteiger partial charge is 0.394 e. The van der Waals surface area contributed by atoms with Crippen molar-refractivity contribution in [1.82, 2.24) is 9.58 Å². The van der Waals surface area contributed by atoms with E-state index in [2.05, 4.69) is 0 Å². The molecule has 34 heavy (non-hydrogen) atoms. The highest BCUT2D eigenvalue weighted by atomic mass is 32.2. The van der Waals surface area contributed by atoms with E-state index in [0.717, 1.165) is 16.0 Å². The summed E-state index contributed by atoms with van der Waals surface area (Å²) < 4.78 is 33.6. The van der Waals surface area contributed by atoms with Gasteiger partial charge in [-0.15, -0.1) is 11.8 Å². The molecule has 1 atom stereocenters. The van der Waals surface area contributed by atoms with Gasteiger partial charge in [-0.05, 0) is 34.9 Å². The maximum Gasteiger partial charge on any atom is 0.394 e. The number of hydrogen-bond acceptors (Lipinski definition) is 6. The molecule has 10 heteroatoms. The minimum Gasteiger partial charge on any atom is -0.502 e. The molecule has 0 aliphatic carbocycles. The molecule has 1 unspecified atom stereocenters. The van der Waals surface area contributed by atoms with E-state index in [1.165, 1.54) is 27.9 Å². The summed E-state index contributed by atoms with van der Waals surface area (Å²) in [7, 11) is 1.57. The first-order chi connectivity index (χ1) is 16.1. The summed E-state index contributed by atoms with van der Waals surface area (Å²) in [5.74, 6) is -0.455. The largest absolute Gasteiger partial charge is 0.502 e. The summed E-state index contributed by atoms with van der Waals surface area (Å²) in [6.07, 6.45) is -1.90. The average Bonchev–Trinajstić information content (AvgIpc) is 2.94. The summed E-state index contributed by atoms with van der Waals surface area (Å²) in [6.45, 7) is 0.813. The van der Waals surface area contributed by atoms with Gasteiger partial charge in [0, 0.05) is 36.9 Å². The van der Waals surface area contributed by atoms with Gasteiger partial charge >= 0.3 is 6.11 Å². The van der Waals surface area contributed by atoms with Gasteiger partial charge in [-0.1, -0.05) is 24.3 Å². The van der Waals surface area contributed by atoms with Crippen molar-refractivity contribution in [2.75, 3.05) is 18.7 Å². The van der Waals surface area contributed by atoms with Gasteiger partial charge in [-0.3, -0.25) is 19.3 Å². The third-order valence-electron chi connectivity index (χ3n) is 5.84. The molecule has 3 heterocycles. The van der Waals surface area contributed by atoms with Crippen molar-refractivity contribution in [3.63, 3.8) is 0 Å². The molecule has 2 aliphatic rings. The van der Waals surface area contributed by atoms with Crippen molar-refractivity contribution >= 4 is 17.7 Å². The van der Waals surface area contributed by atoms with Gasteiger partial charge in [0.2, 0.25) is 5.43 Å². The first kappa shape index (κ1) is 22.3. The van der Waals surface area contributed by atoms with E-state index >= 15 is 0 Å². The Balaban J connectivity index is 1.75. The number of carbonyl (C=O) groups is 1. The van der Waals surface area contributed by atoms with Gasteiger partial charge in [0.15, 0.2) is 11.4 Å². The fourth-order valence-corrected chi connectivity index (χ4v) is 5.46. The van der Waals surface area contributed by atoms with E-state index in [0.29, 0.717) is 18.2 Å². The van der Waals surface area contributed by atoms with Crippen LogP contribution in [0.1, 0.15) is 40.1 Å². The Morgan fingerprint density at radius 3 is 2.65 bits per heavy atom. The first-order valence-electron chi connectivity index (χ1n) is 10.5. The quantitative estimate of drug-likeness (QED) is 0.606. The molecule has 7 nitrogen and oxygen atoms in total. The molecule has 176 valence electrons. The van der Waals surface area contributed by atoms with E-state index in [9.17, 15) is 23.5 Å². The standard InChI is InChI=1S/C24H21F2N3O4S/c1-24(25,26)33-15-7-8-19-17(11-15)20(16-6-4-3-5-14(16)12-34-19)29-13-27(2)23(32)21-22(31)18(30)9-10-28(21)29/h3-11,20,31H,12-13H2,1-2H3. The number of carbonyl (C=O) groups excluding carboxylic acids is 1. The van der Waals surface area contributed by atoms with Crippen LogP contribution in [0.3, 0.4) is 0 Å². The normalized spacial score (nSPS) is 17.5. The number of hydrogen-bond donors (Lipinski definition) is 1. The molecule has 2 aromatic carbocycles. The maximum atomic E-state index is 13.6. The molecule has 1 amide bonds. The molecular formula is C24H21F2N3O4S. The Labute approximate surface area is 198 Å². The predicted octanol–water partition coefficient (Wildman–Crippen LogP) is 3.92. The van der Waals surface area contributed by atoms with Gasteiger partial charge in [-0.2, -0.15) is 8.78 Å². The average molecular weight is 486 g/mol. The Hall–Kier alpha value is -3.53. The van der Waals surface area contributed by atoms with Gasteiger partial charge < -0.3 is 14.7 Å². The number of pyridine rings is 1. The lowest BCUT2D eigenvalue weighted by molar-refractivity contribution is -0.159. The Bertz CT molecular complexity index is 1350. The lowest BCUT2D eigenvalue weighted by atomic mass is 9.94. The van der Waals surface area contributed by atoms with Crippen LogP contribution >= 0.6 is 11.8 Å². The molecule has 1 aromatic heterocycles. The van der Waals surface area contributed by atoms with Crippen LogP contribution < -0.4 is 15.2 Å². The highest BCUT2D eigenvalue weighted by molar-refractivity contribution is 7.98. The second-order valence-corrected chi connectivity index (χ2v) is 9.32. The van der Waals surface area contributed by atoms with Gasteiger partial charge in [0.25, 0.3) is 5.91 Å². The van der Waals surface area contributed by atoms with Gasteiger partial charge in [0.05, 0.1) is 6.04 Å². The number of aromatic nitrogens is 1. The summed E-state index contributed by atoms with van der Waals surface area (Å²) >= 11 is 1.58. The zero-order valence-corrected chi connectivity index (χ0v) is 19.2. The number of ether oxygens (including phenoxy) is 1. The zero-order chi connectivity index (χ0) is 24.2. The predicted molar refractivity (Wildman–Crippen MR) is 123 cm³/mol. The molecule has 0 spiro atoms. The fraction of sp³-hybridized carbons (Fsp3) is 0.250. The minimum atomic E-state index is -3.35. The Kier molecular flexibility index (Phi) is 5.27. The number of fused-ring (bicyclic) bond motifs is 3. The van der Waals surface area contributed by atoms with Crippen LogP contribution in [0.15, 0.2) is 64.4 Å². The lowest BCUT2D eigenvalue weighted by Gasteiger charge is -2.43. The molecule has 0 fully saturated rings. The minimum absolute atomic E-state index is 0.0145. The molecule has 2 aliphatic heterocycles. The summed E-state index contributed by atoms with van der Waals surface area (Å²) in [5, 5.41) is 12.3. The van der Waals surface area contributed by atoms with Crippen LogP contribution in [0, 0.1) is 0 Å². The van der Waals surface area contributed by atoms with Crippen LogP contribution in [0.4, 0.5) is 8.78 Å². The summed E-state index contributed by atoms with van der Waals surface area (Å²) in [4.78, 5) is 27.2. The topological polar surface area (TPSA) is 75.0 Å². The third kappa shape index (κ3) is 3.77. The van der Waals surface area contributed by atoms with E-state index in [1.807, 2.05) is 29.3 Å². The Morgan fingerprint density at radius 2 is 1.88 bits per heavy atom. The van der Waals surface area contributed by atoms with E-state index in [-0.39, 0.29) is 18.1 Å². The van der Waals surface area contributed by atoms with Crippen molar-refractivity contribution < 1.29 is 23.4 Å². The third-order valence-corrected chi connectivity index (χ3v) is 6.98. The molecule has 1 N–H and O–H groups in total. The van der Waals surface area contributed by atoms with Crippen molar-refractivity contribution in [3.05, 3.63) is 87.3 Å². The first-order valence-corrected chi connectivity index (χ1v) is 11.5. The van der Waals surface area contributed by atoms with Crippen molar-refractivity contribution in [1.29, 1.82) is 0 Å².